The highest BCUT2D eigenvalue weighted by molar-refractivity contribution is 5.29. The maximum atomic E-state index is 13.5. The number of β-amino-alcohol motifs (C(OH)–C–C–N with tert-alkyl or cyclic N) is 1. The Bertz CT molecular complexity index is 828. The van der Waals surface area contributed by atoms with Crippen molar-refractivity contribution in [2.24, 2.45) is 11.8 Å². The summed E-state index contributed by atoms with van der Waals surface area (Å²) in [5.74, 6) is -0.724. The molecule has 4 atom stereocenters. The number of rotatable bonds is 5. The van der Waals surface area contributed by atoms with Crippen LogP contribution in [-0.4, -0.2) is 45.5 Å². The Labute approximate surface area is 163 Å². The molecule has 1 unspecified atom stereocenters. The highest BCUT2D eigenvalue weighted by atomic mass is 19.1. The molecule has 0 aromatic heterocycles. The van der Waals surface area contributed by atoms with Crippen molar-refractivity contribution in [1.82, 2.24) is 4.90 Å². The molecule has 4 rings (SSSR count). The van der Waals surface area contributed by atoms with Gasteiger partial charge in [-0.2, -0.15) is 0 Å². The van der Waals surface area contributed by atoms with Crippen LogP contribution in [0.5, 0.6) is 5.75 Å². The molecule has 0 radical (unpaired) electrons. The van der Waals surface area contributed by atoms with Gasteiger partial charge in [0.2, 0.25) is 0 Å². The van der Waals surface area contributed by atoms with Crippen LogP contribution in [0.15, 0.2) is 42.5 Å². The average molecular weight is 389 g/mol. The molecule has 0 spiro atoms. The van der Waals surface area contributed by atoms with E-state index in [0.29, 0.717) is 43.2 Å². The number of aromatic hydroxyl groups is 1. The van der Waals surface area contributed by atoms with Gasteiger partial charge in [0.25, 0.3) is 0 Å². The zero-order valence-corrected chi connectivity index (χ0v) is 15.6. The third-order valence-electron chi connectivity index (χ3n) is 6.17. The van der Waals surface area contributed by atoms with Gasteiger partial charge in [-0.3, -0.25) is 4.90 Å². The molecule has 0 amide bonds. The minimum atomic E-state index is -0.827. The van der Waals surface area contributed by atoms with E-state index in [4.69, 9.17) is 0 Å². The largest absolute Gasteiger partial charge is 0.505 e. The zero-order valence-electron chi connectivity index (χ0n) is 15.6. The second-order valence-corrected chi connectivity index (χ2v) is 8.40. The summed E-state index contributed by atoms with van der Waals surface area (Å²) in [5, 5.41) is 30.7. The number of halogens is 2. The maximum absolute atomic E-state index is 13.5. The van der Waals surface area contributed by atoms with Gasteiger partial charge in [-0.05, 0) is 60.1 Å². The second-order valence-electron chi connectivity index (χ2n) is 8.40. The Balaban J connectivity index is 1.33. The van der Waals surface area contributed by atoms with Crippen LogP contribution < -0.4 is 0 Å². The van der Waals surface area contributed by atoms with E-state index in [1.807, 2.05) is 0 Å². The van der Waals surface area contributed by atoms with Crippen LogP contribution in [0.25, 0.3) is 0 Å². The van der Waals surface area contributed by atoms with E-state index in [-0.39, 0.29) is 5.82 Å². The summed E-state index contributed by atoms with van der Waals surface area (Å²) in [6, 6.07) is 10.2. The minimum Gasteiger partial charge on any atom is -0.505 e. The SMILES string of the molecule is Oc1ccc(C(O)CN2C[C@@H]3C[C@@](O)(Cc4ccc(F)cc4)C[C@@H]3C2)cc1F. The van der Waals surface area contributed by atoms with E-state index in [1.165, 1.54) is 30.3 Å². The fourth-order valence-corrected chi connectivity index (χ4v) is 4.91. The topological polar surface area (TPSA) is 63.9 Å². The van der Waals surface area contributed by atoms with Crippen molar-refractivity contribution in [2.45, 2.75) is 31.0 Å². The van der Waals surface area contributed by atoms with Crippen LogP contribution in [0.1, 0.15) is 30.1 Å². The molecule has 2 aromatic rings. The molecule has 2 fully saturated rings. The smallest absolute Gasteiger partial charge is 0.165 e. The number of phenols is 1. The van der Waals surface area contributed by atoms with Crippen molar-refractivity contribution in [3.8, 4) is 5.75 Å². The Kier molecular flexibility index (Phi) is 5.12. The number of benzene rings is 2. The molecule has 2 aromatic carbocycles. The summed E-state index contributed by atoms with van der Waals surface area (Å²) in [5.41, 5.74) is 0.614. The van der Waals surface area contributed by atoms with Crippen LogP contribution in [0.3, 0.4) is 0 Å². The van der Waals surface area contributed by atoms with Gasteiger partial charge in [0.15, 0.2) is 11.6 Å². The summed E-state index contributed by atoms with van der Waals surface area (Å²) >= 11 is 0. The number of fused-ring (bicyclic) bond motifs is 1. The maximum Gasteiger partial charge on any atom is 0.165 e. The van der Waals surface area contributed by atoms with Crippen molar-refractivity contribution in [3.63, 3.8) is 0 Å². The molecule has 6 heteroatoms. The van der Waals surface area contributed by atoms with E-state index in [9.17, 15) is 24.1 Å². The van der Waals surface area contributed by atoms with E-state index >= 15 is 0 Å². The first-order valence-electron chi connectivity index (χ1n) is 9.67. The highest BCUT2D eigenvalue weighted by Crippen LogP contribution is 2.45. The average Bonchev–Trinajstić information content (AvgIpc) is 3.13. The lowest BCUT2D eigenvalue weighted by Crippen LogP contribution is -2.33. The third kappa shape index (κ3) is 4.04. The van der Waals surface area contributed by atoms with Gasteiger partial charge in [-0.1, -0.05) is 18.2 Å². The standard InChI is InChI=1S/C22H25F2NO3/c23-18-4-1-14(2-5-18)8-22(28)9-16-11-25(12-17(16)10-22)13-21(27)15-3-6-20(26)19(24)7-15/h1-7,16-17,21,26-28H,8-13H2/t16-,17+,21?,22-. The van der Waals surface area contributed by atoms with Crippen LogP contribution in [0.2, 0.25) is 0 Å². The number of aliphatic hydroxyl groups excluding tert-OH is 1. The van der Waals surface area contributed by atoms with Gasteiger partial charge < -0.3 is 15.3 Å². The summed E-state index contributed by atoms with van der Waals surface area (Å²) in [6.45, 7) is 1.97. The lowest BCUT2D eigenvalue weighted by molar-refractivity contribution is 0.0328. The van der Waals surface area contributed by atoms with Crippen molar-refractivity contribution in [2.75, 3.05) is 19.6 Å². The number of hydrogen-bond donors (Lipinski definition) is 3. The van der Waals surface area contributed by atoms with Gasteiger partial charge in [-0.15, -0.1) is 0 Å². The fraction of sp³-hybridized carbons (Fsp3) is 0.455. The monoisotopic (exact) mass is 389 g/mol. The third-order valence-corrected chi connectivity index (χ3v) is 6.17. The van der Waals surface area contributed by atoms with E-state index in [0.717, 1.165) is 18.7 Å². The first kappa shape index (κ1) is 19.3. The molecular formula is C22H25F2NO3. The highest BCUT2D eigenvalue weighted by Gasteiger charge is 2.48. The molecule has 1 heterocycles. The molecule has 150 valence electrons. The van der Waals surface area contributed by atoms with Crippen molar-refractivity contribution in [1.29, 1.82) is 0 Å². The van der Waals surface area contributed by atoms with Crippen LogP contribution in [0, 0.1) is 23.5 Å². The first-order chi connectivity index (χ1) is 13.3. The Morgan fingerprint density at radius 2 is 1.68 bits per heavy atom. The minimum absolute atomic E-state index is 0.276. The van der Waals surface area contributed by atoms with Gasteiger partial charge in [-0.25, -0.2) is 8.78 Å². The normalized spacial score (nSPS) is 28.4. The summed E-state index contributed by atoms with van der Waals surface area (Å²) in [7, 11) is 0. The molecule has 1 saturated carbocycles. The van der Waals surface area contributed by atoms with Gasteiger partial charge in [0, 0.05) is 26.1 Å². The summed E-state index contributed by atoms with van der Waals surface area (Å²) in [4.78, 5) is 2.15. The van der Waals surface area contributed by atoms with Crippen LogP contribution >= 0.6 is 0 Å². The summed E-state index contributed by atoms with van der Waals surface area (Å²) in [6.07, 6.45) is 1.08. The van der Waals surface area contributed by atoms with Crippen molar-refractivity contribution in [3.05, 3.63) is 65.2 Å². The molecule has 28 heavy (non-hydrogen) atoms. The fourth-order valence-electron chi connectivity index (χ4n) is 4.91. The Hall–Kier alpha value is -2.02. The molecule has 4 nitrogen and oxygen atoms in total. The van der Waals surface area contributed by atoms with Crippen molar-refractivity contribution < 1.29 is 24.1 Å². The molecular weight excluding hydrogens is 364 g/mol. The number of aliphatic hydroxyl groups is 2. The molecule has 1 saturated heterocycles. The van der Waals surface area contributed by atoms with E-state index in [1.54, 1.807) is 12.1 Å². The van der Waals surface area contributed by atoms with Gasteiger partial charge in [0.1, 0.15) is 5.82 Å². The quantitative estimate of drug-likeness (QED) is 0.736. The molecule has 1 aliphatic heterocycles. The second kappa shape index (κ2) is 7.43. The summed E-state index contributed by atoms with van der Waals surface area (Å²) < 4.78 is 26.6. The van der Waals surface area contributed by atoms with Crippen molar-refractivity contribution >= 4 is 0 Å². The lowest BCUT2D eigenvalue weighted by Gasteiger charge is -2.27. The molecule has 2 aliphatic rings. The van der Waals surface area contributed by atoms with E-state index in [2.05, 4.69) is 4.90 Å². The molecule has 0 bridgehead atoms. The van der Waals surface area contributed by atoms with Gasteiger partial charge in [0.05, 0.1) is 11.7 Å². The van der Waals surface area contributed by atoms with Gasteiger partial charge >= 0.3 is 0 Å². The van der Waals surface area contributed by atoms with E-state index < -0.39 is 23.3 Å². The number of likely N-dealkylation sites (tertiary alicyclic amines) is 1. The van der Waals surface area contributed by atoms with Crippen LogP contribution in [-0.2, 0) is 6.42 Å². The number of nitrogens with zero attached hydrogens (tertiary/aromatic N) is 1. The first-order valence-corrected chi connectivity index (χ1v) is 9.67. The molecule has 1 aliphatic carbocycles. The Morgan fingerprint density at radius 1 is 1.04 bits per heavy atom. The predicted octanol–water partition coefficient (Wildman–Crippen LogP) is 3.02. The zero-order chi connectivity index (χ0) is 19.9. The predicted molar refractivity (Wildman–Crippen MR) is 101 cm³/mol. The van der Waals surface area contributed by atoms with Crippen LogP contribution in [0.4, 0.5) is 8.78 Å². The molecule has 3 N–H and O–H groups in total. The Morgan fingerprint density at radius 3 is 2.29 bits per heavy atom. The number of hydrogen-bond acceptors (Lipinski definition) is 4. The lowest BCUT2D eigenvalue weighted by atomic mass is 9.91. The number of phenolic OH excluding ortho intramolecular Hbond substituents is 1.